The molecule has 0 spiro atoms. The molecule has 0 aliphatic rings. The van der Waals surface area contributed by atoms with Crippen molar-refractivity contribution in [1.82, 2.24) is 14.8 Å². The topological polar surface area (TPSA) is 137 Å². The number of nitrogens with zero attached hydrogens (tertiary/aromatic N) is 2. The van der Waals surface area contributed by atoms with E-state index in [9.17, 15) is 14.4 Å². The maximum Gasteiger partial charge on any atom is 0.339 e. The number of hydrogen-bond donors (Lipinski definition) is 3. The zero-order valence-electron chi connectivity index (χ0n) is 10.4. The number of amides is 1. The maximum atomic E-state index is 11.4. The molecule has 1 aromatic carbocycles. The van der Waals surface area contributed by atoms with Gasteiger partial charge in [0.25, 0.3) is 0 Å². The molecule has 0 saturated carbocycles. The first-order valence-corrected chi connectivity index (χ1v) is 6.24. The van der Waals surface area contributed by atoms with E-state index in [2.05, 4.69) is 10.1 Å². The van der Waals surface area contributed by atoms with Crippen molar-refractivity contribution in [1.29, 1.82) is 0 Å². The Balaban J connectivity index is 2.52. The Morgan fingerprint density at radius 1 is 1.40 bits per heavy atom. The molecular weight excluding hydrogens is 282 g/mol. The SMILES string of the molecule is Cn1[nH]c(=O)c(=O)nc1Sc1cc(N)ccc1C(N)=O. The lowest BCUT2D eigenvalue weighted by Gasteiger charge is -2.09. The van der Waals surface area contributed by atoms with Crippen molar-refractivity contribution in [3.63, 3.8) is 0 Å². The quantitative estimate of drug-likeness (QED) is 0.505. The van der Waals surface area contributed by atoms with Crippen LogP contribution in [-0.2, 0) is 7.05 Å². The van der Waals surface area contributed by atoms with Crippen LogP contribution in [0, 0.1) is 0 Å². The van der Waals surface area contributed by atoms with Gasteiger partial charge in [0.2, 0.25) is 5.91 Å². The highest BCUT2D eigenvalue weighted by Gasteiger charge is 2.13. The second kappa shape index (κ2) is 5.21. The molecule has 1 aromatic heterocycles. The van der Waals surface area contributed by atoms with Gasteiger partial charge in [0.15, 0.2) is 5.16 Å². The normalized spacial score (nSPS) is 10.4. The molecule has 9 heteroatoms. The van der Waals surface area contributed by atoms with E-state index in [1.807, 2.05) is 0 Å². The lowest BCUT2D eigenvalue weighted by molar-refractivity contribution is 0.0997. The number of anilines is 1. The van der Waals surface area contributed by atoms with Crippen LogP contribution in [0.15, 0.2) is 37.8 Å². The van der Waals surface area contributed by atoms with E-state index in [0.29, 0.717) is 10.6 Å². The summed E-state index contributed by atoms with van der Waals surface area (Å²) in [7, 11) is 1.52. The summed E-state index contributed by atoms with van der Waals surface area (Å²) in [6.07, 6.45) is 0. The number of rotatable bonds is 3. The molecule has 0 aliphatic carbocycles. The minimum atomic E-state index is -0.907. The first kappa shape index (κ1) is 13.9. The number of nitrogens with one attached hydrogen (secondary N) is 1. The predicted octanol–water partition coefficient (Wildman–Crippen LogP) is -0.699. The number of nitrogens with two attached hydrogens (primary N) is 2. The van der Waals surface area contributed by atoms with Crippen molar-refractivity contribution in [2.45, 2.75) is 10.1 Å². The summed E-state index contributed by atoms with van der Waals surface area (Å²) >= 11 is 1.01. The maximum absolute atomic E-state index is 11.4. The second-order valence-electron chi connectivity index (χ2n) is 3.92. The molecule has 1 heterocycles. The summed E-state index contributed by atoms with van der Waals surface area (Å²) in [5.74, 6) is -0.623. The van der Waals surface area contributed by atoms with Crippen molar-refractivity contribution in [2.75, 3.05) is 5.73 Å². The van der Waals surface area contributed by atoms with Gasteiger partial charge in [0, 0.05) is 17.6 Å². The van der Waals surface area contributed by atoms with Crippen molar-refractivity contribution in [3.8, 4) is 0 Å². The summed E-state index contributed by atoms with van der Waals surface area (Å²) in [6, 6.07) is 4.58. The minimum Gasteiger partial charge on any atom is -0.399 e. The van der Waals surface area contributed by atoms with Crippen LogP contribution >= 0.6 is 11.8 Å². The number of aryl methyl sites for hydroxylation is 1. The summed E-state index contributed by atoms with van der Waals surface area (Å²) in [4.78, 5) is 37.8. The Hall–Kier alpha value is -2.55. The molecule has 1 amide bonds. The van der Waals surface area contributed by atoms with Crippen LogP contribution in [0.5, 0.6) is 0 Å². The smallest absolute Gasteiger partial charge is 0.339 e. The van der Waals surface area contributed by atoms with Crippen LogP contribution in [-0.4, -0.2) is 20.7 Å². The Morgan fingerprint density at radius 2 is 2.10 bits per heavy atom. The number of carbonyl (C=O) groups is 1. The van der Waals surface area contributed by atoms with Gasteiger partial charge >= 0.3 is 11.1 Å². The van der Waals surface area contributed by atoms with E-state index in [0.717, 1.165) is 11.8 Å². The molecule has 2 aromatic rings. The third-order valence-corrected chi connectivity index (χ3v) is 3.53. The summed E-state index contributed by atoms with van der Waals surface area (Å²) in [6.45, 7) is 0. The van der Waals surface area contributed by atoms with Crippen molar-refractivity contribution < 1.29 is 4.79 Å². The van der Waals surface area contributed by atoms with Gasteiger partial charge in [-0.15, -0.1) is 0 Å². The molecule has 8 nitrogen and oxygen atoms in total. The number of primary amides is 1. The number of H-pyrrole nitrogens is 1. The number of nitrogen functional groups attached to an aromatic ring is 1. The highest BCUT2D eigenvalue weighted by molar-refractivity contribution is 7.99. The largest absolute Gasteiger partial charge is 0.399 e. The third-order valence-electron chi connectivity index (χ3n) is 2.42. The summed E-state index contributed by atoms with van der Waals surface area (Å²) in [5.41, 5.74) is 9.90. The molecular formula is C11H11N5O3S. The molecule has 0 aliphatic heterocycles. The van der Waals surface area contributed by atoms with Crippen LogP contribution < -0.4 is 22.6 Å². The molecule has 5 N–H and O–H groups in total. The second-order valence-corrected chi connectivity index (χ2v) is 4.93. The van der Waals surface area contributed by atoms with E-state index >= 15 is 0 Å². The Morgan fingerprint density at radius 3 is 2.75 bits per heavy atom. The van der Waals surface area contributed by atoms with Crippen molar-refractivity contribution in [2.24, 2.45) is 12.8 Å². The minimum absolute atomic E-state index is 0.211. The van der Waals surface area contributed by atoms with E-state index in [4.69, 9.17) is 11.5 Å². The van der Waals surface area contributed by atoms with Gasteiger partial charge in [0.1, 0.15) is 0 Å². The average Bonchev–Trinajstić information content (AvgIpc) is 2.35. The lowest BCUT2D eigenvalue weighted by Crippen LogP contribution is -2.33. The fraction of sp³-hybridized carbons (Fsp3) is 0.0909. The lowest BCUT2D eigenvalue weighted by atomic mass is 10.2. The van der Waals surface area contributed by atoms with Crippen LogP contribution in [0.1, 0.15) is 10.4 Å². The summed E-state index contributed by atoms with van der Waals surface area (Å²) in [5, 5.41) is 2.52. The molecule has 0 saturated heterocycles. The van der Waals surface area contributed by atoms with E-state index in [1.54, 1.807) is 12.1 Å². The molecule has 0 radical (unpaired) electrons. The van der Waals surface area contributed by atoms with Gasteiger partial charge in [-0.1, -0.05) is 0 Å². The van der Waals surface area contributed by atoms with Gasteiger partial charge < -0.3 is 11.5 Å². The Labute approximate surface area is 116 Å². The van der Waals surface area contributed by atoms with Crippen molar-refractivity contribution in [3.05, 3.63) is 44.5 Å². The van der Waals surface area contributed by atoms with Gasteiger partial charge in [-0.25, -0.2) is 0 Å². The van der Waals surface area contributed by atoms with Gasteiger partial charge in [-0.2, -0.15) is 4.98 Å². The molecule has 0 atom stereocenters. The van der Waals surface area contributed by atoms with Crippen LogP contribution in [0.3, 0.4) is 0 Å². The van der Waals surface area contributed by atoms with Gasteiger partial charge in [0.05, 0.1) is 5.56 Å². The van der Waals surface area contributed by atoms with E-state index < -0.39 is 17.0 Å². The molecule has 0 fully saturated rings. The third kappa shape index (κ3) is 2.72. The molecule has 0 bridgehead atoms. The number of aromatic amines is 1. The highest BCUT2D eigenvalue weighted by atomic mass is 32.2. The number of carbonyl (C=O) groups excluding carboxylic acids is 1. The van der Waals surface area contributed by atoms with Crippen molar-refractivity contribution >= 4 is 23.4 Å². The van der Waals surface area contributed by atoms with E-state index in [1.165, 1.54) is 17.8 Å². The zero-order chi connectivity index (χ0) is 14.9. The predicted molar refractivity (Wildman–Crippen MR) is 73.6 cm³/mol. The number of hydrogen-bond acceptors (Lipinski definition) is 6. The molecule has 2 rings (SSSR count). The Kier molecular flexibility index (Phi) is 3.61. The Bertz CT molecular complexity index is 795. The van der Waals surface area contributed by atoms with Crippen LogP contribution in [0.2, 0.25) is 0 Å². The number of aromatic nitrogens is 3. The first-order chi connectivity index (χ1) is 9.38. The average molecular weight is 293 g/mol. The van der Waals surface area contributed by atoms with Crippen LogP contribution in [0.4, 0.5) is 5.69 Å². The zero-order valence-corrected chi connectivity index (χ0v) is 11.2. The van der Waals surface area contributed by atoms with Gasteiger partial charge in [-0.05, 0) is 30.0 Å². The first-order valence-electron chi connectivity index (χ1n) is 5.43. The standard InChI is InChI=1S/C11H11N5O3S/c1-16-11(14-9(18)10(19)15-16)20-7-4-5(12)2-3-6(7)8(13)17/h2-4H,12H2,1H3,(H2,13,17)(H,15,19). The summed E-state index contributed by atoms with van der Waals surface area (Å²) < 4.78 is 1.28. The number of benzene rings is 1. The van der Waals surface area contributed by atoms with E-state index in [-0.39, 0.29) is 10.7 Å². The fourth-order valence-electron chi connectivity index (χ4n) is 1.48. The molecule has 0 unspecified atom stereocenters. The molecule has 104 valence electrons. The highest BCUT2D eigenvalue weighted by Crippen LogP contribution is 2.29. The fourth-order valence-corrected chi connectivity index (χ4v) is 2.46. The van der Waals surface area contributed by atoms with Gasteiger partial charge in [-0.3, -0.25) is 24.2 Å². The molecule has 20 heavy (non-hydrogen) atoms. The van der Waals surface area contributed by atoms with Crippen LogP contribution in [0.25, 0.3) is 0 Å². The monoisotopic (exact) mass is 293 g/mol.